The maximum Gasteiger partial charge on any atom is 0.251 e. The smallest absolute Gasteiger partial charge is 0.251 e. The molecule has 0 aliphatic carbocycles. The van der Waals surface area contributed by atoms with Crippen molar-refractivity contribution in [3.05, 3.63) is 46.4 Å². The van der Waals surface area contributed by atoms with Gasteiger partial charge in [-0.3, -0.25) is 9.59 Å². The number of carbonyl (C=O) groups is 2. The fourth-order valence-electron chi connectivity index (χ4n) is 1.87. The van der Waals surface area contributed by atoms with Gasteiger partial charge in [0.15, 0.2) is 0 Å². The van der Waals surface area contributed by atoms with E-state index in [1.54, 1.807) is 6.07 Å². The second-order valence-electron chi connectivity index (χ2n) is 4.45. The van der Waals surface area contributed by atoms with Gasteiger partial charge in [-0.25, -0.2) is 0 Å². The Bertz CT molecular complexity index is 655. The Morgan fingerprint density at radius 1 is 1.00 bits per heavy atom. The first-order valence-corrected chi connectivity index (χ1v) is 7.07. The Labute approximate surface area is 125 Å². The van der Waals surface area contributed by atoms with E-state index in [0.29, 0.717) is 18.7 Å². The van der Waals surface area contributed by atoms with E-state index in [1.807, 2.05) is 30.3 Å². The third kappa shape index (κ3) is 3.81. The molecule has 2 rings (SSSR count). The molecule has 0 unspecified atom stereocenters. The van der Waals surface area contributed by atoms with Gasteiger partial charge in [0.1, 0.15) is 0 Å². The van der Waals surface area contributed by atoms with E-state index in [-0.39, 0.29) is 11.8 Å². The molecule has 2 aromatic carbocycles. The summed E-state index contributed by atoms with van der Waals surface area (Å²) in [6, 6.07) is 11.5. The van der Waals surface area contributed by atoms with Crippen LogP contribution in [0.1, 0.15) is 17.3 Å². The minimum absolute atomic E-state index is 0.101. The molecule has 0 saturated carbocycles. The van der Waals surface area contributed by atoms with Gasteiger partial charge in [0.05, 0.1) is 0 Å². The predicted molar refractivity (Wildman–Crippen MR) is 82.7 cm³/mol. The topological polar surface area (TPSA) is 58.2 Å². The molecule has 0 aliphatic heterocycles. The molecule has 5 heteroatoms. The van der Waals surface area contributed by atoms with Crippen molar-refractivity contribution in [2.75, 3.05) is 13.1 Å². The molecule has 20 heavy (non-hydrogen) atoms. The normalized spacial score (nSPS) is 10.3. The van der Waals surface area contributed by atoms with E-state index in [9.17, 15) is 9.59 Å². The van der Waals surface area contributed by atoms with Crippen molar-refractivity contribution in [1.29, 1.82) is 0 Å². The highest BCUT2D eigenvalue weighted by atomic mass is 79.9. The summed E-state index contributed by atoms with van der Waals surface area (Å²) in [5.74, 6) is -0.240. The van der Waals surface area contributed by atoms with E-state index in [1.165, 1.54) is 6.92 Å². The second kappa shape index (κ2) is 6.52. The van der Waals surface area contributed by atoms with Gasteiger partial charge in [0.25, 0.3) is 5.91 Å². The Morgan fingerprint density at radius 3 is 2.40 bits per heavy atom. The van der Waals surface area contributed by atoms with Crippen molar-refractivity contribution < 1.29 is 9.59 Å². The van der Waals surface area contributed by atoms with Crippen LogP contribution < -0.4 is 10.6 Å². The van der Waals surface area contributed by atoms with Crippen LogP contribution in [-0.4, -0.2) is 24.9 Å². The quantitative estimate of drug-likeness (QED) is 0.844. The first-order chi connectivity index (χ1) is 9.56. The summed E-state index contributed by atoms with van der Waals surface area (Å²) in [5, 5.41) is 7.49. The molecular weight excluding hydrogens is 320 g/mol. The molecule has 0 aliphatic rings. The third-order valence-corrected chi connectivity index (χ3v) is 3.34. The molecule has 104 valence electrons. The zero-order valence-electron chi connectivity index (χ0n) is 11.1. The molecule has 4 nitrogen and oxygen atoms in total. The van der Waals surface area contributed by atoms with E-state index in [4.69, 9.17) is 0 Å². The van der Waals surface area contributed by atoms with Crippen LogP contribution >= 0.6 is 15.9 Å². The van der Waals surface area contributed by atoms with Gasteiger partial charge in [0.2, 0.25) is 5.91 Å². The monoisotopic (exact) mass is 334 g/mol. The van der Waals surface area contributed by atoms with Crippen molar-refractivity contribution in [2.45, 2.75) is 6.92 Å². The molecule has 2 aromatic rings. The average Bonchev–Trinajstić information content (AvgIpc) is 2.42. The van der Waals surface area contributed by atoms with Crippen molar-refractivity contribution >= 4 is 38.5 Å². The van der Waals surface area contributed by atoms with Gasteiger partial charge >= 0.3 is 0 Å². The van der Waals surface area contributed by atoms with E-state index in [0.717, 1.165) is 15.2 Å². The van der Waals surface area contributed by atoms with E-state index >= 15 is 0 Å². The maximum absolute atomic E-state index is 12.0. The number of halogens is 1. The molecule has 0 aromatic heterocycles. The fraction of sp³-hybridized carbons (Fsp3) is 0.200. The second-order valence-corrected chi connectivity index (χ2v) is 5.36. The predicted octanol–water partition coefficient (Wildman–Crippen LogP) is 2.47. The van der Waals surface area contributed by atoms with Gasteiger partial charge in [-0.1, -0.05) is 28.1 Å². The highest BCUT2D eigenvalue weighted by Crippen LogP contribution is 2.20. The summed E-state index contributed by atoms with van der Waals surface area (Å²) in [4.78, 5) is 22.7. The Kier molecular flexibility index (Phi) is 4.74. The average molecular weight is 335 g/mol. The largest absolute Gasteiger partial charge is 0.355 e. The third-order valence-electron chi connectivity index (χ3n) is 2.85. The van der Waals surface area contributed by atoms with Crippen LogP contribution in [0.3, 0.4) is 0 Å². The van der Waals surface area contributed by atoms with E-state index < -0.39 is 0 Å². The van der Waals surface area contributed by atoms with Gasteiger partial charge in [0, 0.05) is 30.0 Å². The molecule has 0 spiro atoms. The Morgan fingerprint density at radius 2 is 1.65 bits per heavy atom. The highest BCUT2D eigenvalue weighted by molar-refractivity contribution is 9.10. The molecule has 0 bridgehead atoms. The van der Waals surface area contributed by atoms with Gasteiger partial charge in [-0.15, -0.1) is 0 Å². The van der Waals surface area contributed by atoms with Gasteiger partial charge < -0.3 is 10.6 Å². The van der Waals surface area contributed by atoms with Crippen molar-refractivity contribution in [3.8, 4) is 0 Å². The van der Waals surface area contributed by atoms with Crippen LogP contribution in [0.4, 0.5) is 0 Å². The molecular formula is C15H15BrN2O2. The molecule has 0 heterocycles. The summed E-state index contributed by atoms with van der Waals surface area (Å²) < 4.78 is 1.01. The summed E-state index contributed by atoms with van der Waals surface area (Å²) in [6.07, 6.45) is 0. The lowest BCUT2D eigenvalue weighted by Gasteiger charge is -2.07. The lowest BCUT2D eigenvalue weighted by atomic mass is 10.1. The van der Waals surface area contributed by atoms with Crippen LogP contribution in [0.5, 0.6) is 0 Å². The van der Waals surface area contributed by atoms with Crippen LogP contribution in [0.2, 0.25) is 0 Å². The molecule has 0 saturated heterocycles. The minimum atomic E-state index is -0.139. The minimum Gasteiger partial charge on any atom is -0.355 e. The van der Waals surface area contributed by atoms with E-state index in [2.05, 4.69) is 26.6 Å². The SMILES string of the molecule is CC(=O)NCCNC(=O)c1ccc2cc(Br)ccc2c1. The van der Waals surface area contributed by atoms with Crippen LogP contribution in [0.15, 0.2) is 40.9 Å². The van der Waals surface area contributed by atoms with Crippen LogP contribution in [0.25, 0.3) is 10.8 Å². The standard InChI is InChI=1S/C15H15BrN2O2/c1-10(19)17-6-7-18-15(20)13-3-2-12-9-14(16)5-4-11(12)8-13/h2-5,8-9H,6-7H2,1H3,(H,17,19)(H,18,20). The van der Waals surface area contributed by atoms with Gasteiger partial charge in [-0.2, -0.15) is 0 Å². The molecule has 0 radical (unpaired) electrons. The van der Waals surface area contributed by atoms with Gasteiger partial charge in [-0.05, 0) is 35.0 Å². The molecule has 2 N–H and O–H groups in total. The number of carbonyl (C=O) groups excluding carboxylic acids is 2. The number of fused-ring (bicyclic) bond motifs is 1. The summed E-state index contributed by atoms with van der Waals surface area (Å²) in [7, 11) is 0. The molecule has 2 amide bonds. The number of hydrogen-bond acceptors (Lipinski definition) is 2. The lowest BCUT2D eigenvalue weighted by molar-refractivity contribution is -0.118. The zero-order chi connectivity index (χ0) is 14.5. The van der Waals surface area contributed by atoms with Crippen LogP contribution in [0, 0.1) is 0 Å². The maximum atomic E-state index is 12.0. The number of rotatable bonds is 4. The fourth-order valence-corrected chi connectivity index (χ4v) is 2.25. The lowest BCUT2D eigenvalue weighted by Crippen LogP contribution is -2.33. The van der Waals surface area contributed by atoms with Crippen molar-refractivity contribution in [2.24, 2.45) is 0 Å². The number of hydrogen-bond donors (Lipinski definition) is 2. The Balaban J connectivity index is 2.03. The Hall–Kier alpha value is -1.88. The molecule has 0 atom stereocenters. The summed E-state index contributed by atoms with van der Waals surface area (Å²) >= 11 is 3.42. The first kappa shape index (κ1) is 14.5. The molecule has 0 fully saturated rings. The summed E-state index contributed by atoms with van der Waals surface area (Å²) in [5.41, 5.74) is 0.614. The number of benzene rings is 2. The van der Waals surface area contributed by atoms with Crippen LogP contribution in [-0.2, 0) is 4.79 Å². The number of amides is 2. The number of nitrogens with one attached hydrogen (secondary N) is 2. The van der Waals surface area contributed by atoms with Crippen molar-refractivity contribution in [1.82, 2.24) is 10.6 Å². The first-order valence-electron chi connectivity index (χ1n) is 6.28. The van der Waals surface area contributed by atoms with Crippen molar-refractivity contribution in [3.63, 3.8) is 0 Å². The zero-order valence-corrected chi connectivity index (χ0v) is 12.7. The summed E-state index contributed by atoms with van der Waals surface area (Å²) in [6.45, 7) is 2.29. The highest BCUT2D eigenvalue weighted by Gasteiger charge is 2.06.